The minimum atomic E-state index is -0.953. The van der Waals surface area contributed by atoms with Crippen molar-refractivity contribution in [2.75, 3.05) is 0 Å². The van der Waals surface area contributed by atoms with Crippen LogP contribution in [-0.2, 0) is 22.7 Å². The molecular weight excluding hydrogens is 244 g/mol. The predicted octanol–water partition coefficient (Wildman–Crippen LogP) is 3.09. The molecule has 98 valence electrons. The highest BCUT2D eigenvalue weighted by atomic mass is 16.5. The van der Waals surface area contributed by atoms with Crippen molar-refractivity contribution in [2.24, 2.45) is 0 Å². The maximum Gasteiger partial charge on any atom is 0.328 e. The fourth-order valence-electron chi connectivity index (χ4n) is 1.56. The van der Waals surface area contributed by atoms with Gasteiger partial charge in [0.15, 0.2) is 0 Å². The normalized spacial score (nSPS) is 10.9. The lowest BCUT2D eigenvalue weighted by Gasteiger charge is -2.03. The standard InChI is InChI=1S/C15H14O4/c16-15(17)8-7-12-3-5-13(6-4-12)10-18-11-14-2-1-9-19-14/h1-9H,10-11H2,(H,16,17)/b8-7+. The van der Waals surface area contributed by atoms with Gasteiger partial charge < -0.3 is 14.3 Å². The first-order valence-corrected chi connectivity index (χ1v) is 5.84. The third-order valence-electron chi connectivity index (χ3n) is 2.49. The first-order chi connectivity index (χ1) is 9.24. The van der Waals surface area contributed by atoms with Gasteiger partial charge in [0.1, 0.15) is 12.4 Å². The van der Waals surface area contributed by atoms with E-state index >= 15 is 0 Å². The Bertz CT molecular complexity index is 538. The summed E-state index contributed by atoms with van der Waals surface area (Å²) < 4.78 is 10.7. The molecule has 0 amide bonds. The Balaban J connectivity index is 1.83. The molecule has 4 nitrogen and oxygen atoms in total. The lowest BCUT2D eigenvalue weighted by Crippen LogP contribution is -1.93. The predicted molar refractivity (Wildman–Crippen MR) is 70.3 cm³/mol. The van der Waals surface area contributed by atoms with E-state index in [2.05, 4.69) is 0 Å². The fourth-order valence-corrected chi connectivity index (χ4v) is 1.56. The zero-order valence-corrected chi connectivity index (χ0v) is 10.3. The van der Waals surface area contributed by atoms with Crippen LogP contribution in [0.15, 0.2) is 53.2 Å². The van der Waals surface area contributed by atoms with Gasteiger partial charge >= 0.3 is 5.97 Å². The van der Waals surface area contributed by atoms with Gasteiger partial charge in [0.05, 0.1) is 12.9 Å². The molecule has 0 saturated heterocycles. The van der Waals surface area contributed by atoms with Gasteiger partial charge in [0, 0.05) is 6.08 Å². The Labute approximate surface area is 110 Å². The topological polar surface area (TPSA) is 59.7 Å². The molecule has 0 saturated carbocycles. The summed E-state index contributed by atoms with van der Waals surface area (Å²) in [5.41, 5.74) is 1.87. The molecule has 0 aliphatic rings. The maximum absolute atomic E-state index is 10.4. The molecule has 2 rings (SSSR count). The summed E-state index contributed by atoms with van der Waals surface area (Å²) in [4.78, 5) is 10.4. The van der Waals surface area contributed by atoms with Crippen LogP contribution in [0.3, 0.4) is 0 Å². The molecule has 0 unspecified atom stereocenters. The van der Waals surface area contributed by atoms with E-state index in [4.69, 9.17) is 14.3 Å². The molecule has 1 heterocycles. The van der Waals surface area contributed by atoms with Crippen LogP contribution in [0.5, 0.6) is 0 Å². The molecule has 1 aromatic carbocycles. The van der Waals surface area contributed by atoms with Gasteiger partial charge in [-0.2, -0.15) is 0 Å². The molecule has 19 heavy (non-hydrogen) atoms. The molecule has 0 spiro atoms. The zero-order valence-electron chi connectivity index (χ0n) is 10.3. The highest BCUT2D eigenvalue weighted by Gasteiger charge is 1.97. The molecular formula is C15H14O4. The van der Waals surface area contributed by atoms with Gasteiger partial charge in [-0.1, -0.05) is 24.3 Å². The Hall–Kier alpha value is -2.33. The molecule has 0 fully saturated rings. The Morgan fingerprint density at radius 1 is 1.21 bits per heavy atom. The monoisotopic (exact) mass is 258 g/mol. The molecule has 0 aliphatic heterocycles. The minimum Gasteiger partial charge on any atom is -0.478 e. The van der Waals surface area contributed by atoms with Crippen molar-refractivity contribution in [3.63, 3.8) is 0 Å². The number of hydrogen-bond acceptors (Lipinski definition) is 3. The van der Waals surface area contributed by atoms with Crippen molar-refractivity contribution in [2.45, 2.75) is 13.2 Å². The highest BCUT2D eigenvalue weighted by Crippen LogP contribution is 2.09. The lowest BCUT2D eigenvalue weighted by molar-refractivity contribution is -0.131. The zero-order chi connectivity index (χ0) is 13.5. The molecule has 0 radical (unpaired) electrons. The second-order valence-corrected chi connectivity index (χ2v) is 3.99. The number of aliphatic carboxylic acids is 1. The van der Waals surface area contributed by atoms with Crippen LogP contribution < -0.4 is 0 Å². The van der Waals surface area contributed by atoms with Gasteiger partial charge in [-0.15, -0.1) is 0 Å². The smallest absolute Gasteiger partial charge is 0.328 e. The van der Waals surface area contributed by atoms with E-state index in [1.165, 1.54) is 0 Å². The number of rotatable bonds is 6. The Morgan fingerprint density at radius 2 is 2.00 bits per heavy atom. The Kier molecular flexibility index (Phi) is 4.53. The van der Waals surface area contributed by atoms with Crippen molar-refractivity contribution < 1.29 is 19.1 Å². The van der Waals surface area contributed by atoms with Gasteiger partial charge in [0.25, 0.3) is 0 Å². The van der Waals surface area contributed by atoms with Crippen LogP contribution in [-0.4, -0.2) is 11.1 Å². The van der Waals surface area contributed by atoms with Crippen LogP contribution in [0.4, 0.5) is 0 Å². The first kappa shape index (κ1) is 13.1. The first-order valence-electron chi connectivity index (χ1n) is 5.84. The van der Waals surface area contributed by atoms with E-state index in [-0.39, 0.29) is 0 Å². The van der Waals surface area contributed by atoms with Gasteiger partial charge in [-0.3, -0.25) is 0 Å². The van der Waals surface area contributed by atoms with E-state index in [9.17, 15) is 4.79 Å². The fraction of sp³-hybridized carbons (Fsp3) is 0.133. The van der Waals surface area contributed by atoms with Crippen LogP contribution in [0.25, 0.3) is 6.08 Å². The lowest BCUT2D eigenvalue weighted by atomic mass is 10.1. The second kappa shape index (κ2) is 6.56. The van der Waals surface area contributed by atoms with Crippen LogP contribution in [0.1, 0.15) is 16.9 Å². The second-order valence-electron chi connectivity index (χ2n) is 3.99. The number of carboxylic acid groups (broad SMARTS) is 1. The summed E-state index contributed by atoms with van der Waals surface area (Å²) in [5.74, 6) is -0.160. The summed E-state index contributed by atoms with van der Waals surface area (Å²) in [6, 6.07) is 11.2. The summed E-state index contributed by atoms with van der Waals surface area (Å²) in [6.45, 7) is 0.928. The van der Waals surface area contributed by atoms with E-state index in [0.29, 0.717) is 13.2 Å². The molecule has 0 aliphatic carbocycles. The highest BCUT2D eigenvalue weighted by molar-refractivity contribution is 5.85. The van der Waals surface area contributed by atoms with Crippen molar-refractivity contribution in [1.29, 1.82) is 0 Å². The number of furan rings is 1. The van der Waals surface area contributed by atoms with Crippen molar-refractivity contribution >= 4 is 12.0 Å². The van der Waals surface area contributed by atoms with E-state index in [1.54, 1.807) is 12.3 Å². The van der Waals surface area contributed by atoms with Crippen molar-refractivity contribution in [3.05, 3.63) is 65.6 Å². The molecule has 1 N–H and O–H groups in total. The van der Waals surface area contributed by atoms with Crippen LogP contribution in [0, 0.1) is 0 Å². The maximum atomic E-state index is 10.4. The van der Waals surface area contributed by atoms with Crippen LogP contribution in [0.2, 0.25) is 0 Å². The van der Waals surface area contributed by atoms with Crippen LogP contribution >= 0.6 is 0 Å². The van der Waals surface area contributed by atoms with Crippen molar-refractivity contribution in [1.82, 2.24) is 0 Å². The number of hydrogen-bond donors (Lipinski definition) is 1. The van der Waals surface area contributed by atoms with E-state index < -0.39 is 5.97 Å². The molecule has 4 heteroatoms. The summed E-state index contributed by atoms with van der Waals surface area (Å²) >= 11 is 0. The van der Waals surface area contributed by atoms with E-state index in [1.807, 2.05) is 36.4 Å². The Morgan fingerprint density at radius 3 is 2.63 bits per heavy atom. The molecule has 1 aromatic heterocycles. The number of carbonyl (C=O) groups is 1. The largest absolute Gasteiger partial charge is 0.478 e. The minimum absolute atomic E-state index is 0.438. The van der Waals surface area contributed by atoms with Gasteiger partial charge in [0.2, 0.25) is 0 Å². The molecule has 0 bridgehead atoms. The van der Waals surface area contributed by atoms with E-state index in [0.717, 1.165) is 23.0 Å². The van der Waals surface area contributed by atoms with Crippen molar-refractivity contribution in [3.8, 4) is 0 Å². The number of benzene rings is 1. The summed E-state index contributed by atoms with van der Waals surface area (Å²) in [5, 5.41) is 8.52. The summed E-state index contributed by atoms with van der Waals surface area (Å²) in [6.07, 6.45) is 4.28. The quantitative estimate of drug-likeness (QED) is 0.809. The third-order valence-corrected chi connectivity index (χ3v) is 2.49. The average molecular weight is 258 g/mol. The number of carboxylic acids is 1. The van der Waals surface area contributed by atoms with Gasteiger partial charge in [-0.05, 0) is 29.3 Å². The third kappa shape index (κ3) is 4.44. The molecule has 2 aromatic rings. The number of ether oxygens (including phenoxy) is 1. The average Bonchev–Trinajstić information content (AvgIpc) is 2.91. The molecule has 0 atom stereocenters. The van der Waals surface area contributed by atoms with Gasteiger partial charge in [-0.25, -0.2) is 4.79 Å². The summed E-state index contributed by atoms with van der Waals surface area (Å²) in [7, 11) is 0. The SMILES string of the molecule is O=C(O)/C=C/c1ccc(COCc2ccco2)cc1.